The van der Waals surface area contributed by atoms with E-state index in [0.29, 0.717) is 11.5 Å². The molecule has 0 heterocycles. The minimum absolute atomic E-state index is 0.461. The molecule has 0 saturated heterocycles. The standard InChI is InChI=1S/C28H23N3/c29-24-12-6-11-23(18-24)28(30)31-27-22(16-15-20-8-2-4-14-26(20)27)17-21-10-5-9-19-7-1-3-13-25(19)21/h1-16,18H,17,29H2,(H2,30,31). The summed E-state index contributed by atoms with van der Waals surface area (Å²) in [6.45, 7) is 0. The lowest BCUT2D eigenvalue weighted by molar-refractivity contribution is 1.21. The molecule has 0 aliphatic rings. The van der Waals surface area contributed by atoms with Crippen molar-refractivity contribution in [1.29, 1.82) is 0 Å². The Labute approximate surface area is 181 Å². The summed E-state index contributed by atoms with van der Waals surface area (Å²) >= 11 is 0. The van der Waals surface area contributed by atoms with Crippen LogP contribution in [0.15, 0.2) is 108 Å². The van der Waals surface area contributed by atoms with Crippen molar-refractivity contribution in [3.63, 3.8) is 0 Å². The molecule has 0 saturated carbocycles. The fourth-order valence-corrected chi connectivity index (χ4v) is 4.11. The molecule has 5 aromatic rings. The average molecular weight is 402 g/mol. The van der Waals surface area contributed by atoms with Gasteiger partial charge in [0.15, 0.2) is 0 Å². The Morgan fingerprint density at radius 1 is 0.645 bits per heavy atom. The minimum atomic E-state index is 0.461. The first-order valence-electron chi connectivity index (χ1n) is 10.4. The number of amidine groups is 1. The summed E-state index contributed by atoms with van der Waals surface area (Å²) in [7, 11) is 0. The van der Waals surface area contributed by atoms with Gasteiger partial charge in [0.05, 0.1) is 5.69 Å². The van der Waals surface area contributed by atoms with Crippen LogP contribution in [0.4, 0.5) is 11.4 Å². The summed E-state index contributed by atoms with van der Waals surface area (Å²) < 4.78 is 0. The smallest absolute Gasteiger partial charge is 0.131 e. The average Bonchev–Trinajstić information content (AvgIpc) is 2.80. The number of hydrogen-bond acceptors (Lipinski definition) is 2. The molecular weight excluding hydrogens is 378 g/mol. The van der Waals surface area contributed by atoms with Crippen molar-refractivity contribution in [3.8, 4) is 0 Å². The Morgan fingerprint density at radius 2 is 1.32 bits per heavy atom. The van der Waals surface area contributed by atoms with Crippen LogP contribution >= 0.6 is 0 Å². The molecule has 0 amide bonds. The van der Waals surface area contributed by atoms with E-state index in [1.807, 2.05) is 36.4 Å². The van der Waals surface area contributed by atoms with E-state index in [2.05, 4.69) is 66.7 Å². The van der Waals surface area contributed by atoms with E-state index < -0.39 is 0 Å². The molecule has 0 fully saturated rings. The molecule has 150 valence electrons. The fraction of sp³-hybridized carbons (Fsp3) is 0.0357. The number of aliphatic imine (C=N–C) groups is 1. The van der Waals surface area contributed by atoms with Crippen molar-refractivity contribution in [2.45, 2.75) is 6.42 Å². The maximum atomic E-state index is 6.43. The highest BCUT2D eigenvalue weighted by atomic mass is 14.9. The second-order valence-electron chi connectivity index (χ2n) is 7.73. The minimum Gasteiger partial charge on any atom is -0.399 e. The molecule has 0 spiro atoms. The van der Waals surface area contributed by atoms with Gasteiger partial charge in [0.25, 0.3) is 0 Å². The Balaban J connectivity index is 1.67. The fourth-order valence-electron chi connectivity index (χ4n) is 4.11. The normalized spacial score (nSPS) is 11.8. The molecule has 0 aliphatic carbocycles. The lowest BCUT2D eigenvalue weighted by Crippen LogP contribution is -2.13. The van der Waals surface area contributed by atoms with Crippen LogP contribution in [0, 0.1) is 0 Å². The third-order valence-electron chi connectivity index (χ3n) is 5.66. The molecule has 5 aromatic carbocycles. The van der Waals surface area contributed by atoms with Crippen molar-refractivity contribution in [2.24, 2.45) is 10.7 Å². The van der Waals surface area contributed by atoms with Crippen LogP contribution in [-0.4, -0.2) is 5.84 Å². The van der Waals surface area contributed by atoms with Crippen LogP contribution in [0.25, 0.3) is 21.5 Å². The first-order chi connectivity index (χ1) is 15.2. The Kier molecular flexibility index (Phi) is 4.85. The lowest BCUT2D eigenvalue weighted by Gasteiger charge is -2.13. The van der Waals surface area contributed by atoms with E-state index in [-0.39, 0.29) is 0 Å². The molecule has 5 rings (SSSR count). The molecular formula is C28H23N3. The molecule has 0 atom stereocenters. The van der Waals surface area contributed by atoms with E-state index in [9.17, 15) is 0 Å². The molecule has 0 aromatic heterocycles. The molecule has 0 bridgehead atoms. The predicted octanol–water partition coefficient (Wildman–Crippen LogP) is 6.20. The zero-order valence-corrected chi connectivity index (χ0v) is 17.1. The van der Waals surface area contributed by atoms with E-state index in [1.165, 1.54) is 16.3 Å². The number of nitrogen functional groups attached to an aromatic ring is 1. The monoisotopic (exact) mass is 401 g/mol. The van der Waals surface area contributed by atoms with Crippen LogP contribution in [-0.2, 0) is 6.42 Å². The third kappa shape index (κ3) is 3.74. The summed E-state index contributed by atoms with van der Waals surface area (Å²) in [5, 5.41) is 4.73. The highest BCUT2D eigenvalue weighted by Crippen LogP contribution is 2.33. The molecule has 31 heavy (non-hydrogen) atoms. The van der Waals surface area contributed by atoms with Crippen molar-refractivity contribution >= 4 is 38.8 Å². The Morgan fingerprint density at radius 3 is 2.13 bits per heavy atom. The van der Waals surface area contributed by atoms with Crippen LogP contribution in [0.2, 0.25) is 0 Å². The van der Waals surface area contributed by atoms with Crippen molar-refractivity contribution < 1.29 is 0 Å². The lowest BCUT2D eigenvalue weighted by atomic mass is 9.95. The molecule has 4 N–H and O–H groups in total. The van der Waals surface area contributed by atoms with Crippen LogP contribution in [0.1, 0.15) is 16.7 Å². The maximum Gasteiger partial charge on any atom is 0.131 e. The number of nitrogens with zero attached hydrogens (tertiary/aromatic N) is 1. The largest absolute Gasteiger partial charge is 0.399 e. The quantitative estimate of drug-likeness (QED) is 0.214. The van der Waals surface area contributed by atoms with Gasteiger partial charge in [-0.05, 0) is 39.4 Å². The molecule has 3 heteroatoms. The van der Waals surface area contributed by atoms with E-state index in [4.69, 9.17) is 16.5 Å². The van der Waals surface area contributed by atoms with Gasteiger partial charge in [-0.25, -0.2) is 4.99 Å². The number of benzene rings is 5. The van der Waals surface area contributed by atoms with Gasteiger partial charge >= 0.3 is 0 Å². The number of rotatable bonds is 4. The van der Waals surface area contributed by atoms with E-state index in [0.717, 1.165) is 34.0 Å². The van der Waals surface area contributed by atoms with Gasteiger partial charge in [-0.15, -0.1) is 0 Å². The number of anilines is 1. The highest BCUT2D eigenvalue weighted by molar-refractivity contribution is 6.03. The summed E-state index contributed by atoms with van der Waals surface area (Å²) in [6.07, 6.45) is 0.773. The van der Waals surface area contributed by atoms with Gasteiger partial charge < -0.3 is 11.5 Å². The van der Waals surface area contributed by atoms with Gasteiger partial charge in [0.1, 0.15) is 5.84 Å². The number of nitrogens with two attached hydrogens (primary N) is 2. The SMILES string of the molecule is NC(=Nc1c(Cc2cccc3ccccc23)ccc2ccccc12)c1cccc(N)c1. The van der Waals surface area contributed by atoms with Crippen LogP contribution in [0.5, 0.6) is 0 Å². The Hall–Kier alpha value is -4.11. The van der Waals surface area contributed by atoms with Crippen molar-refractivity contribution in [2.75, 3.05) is 5.73 Å². The van der Waals surface area contributed by atoms with Crippen molar-refractivity contribution in [1.82, 2.24) is 0 Å². The summed E-state index contributed by atoms with van der Waals surface area (Å²) in [5.41, 5.74) is 17.2. The van der Waals surface area contributed by atoms with E-state index in [1.54, 1.807) is 0 Å². The molecule has 0 unspecified atom stereocenters. The topological polar surface area (TPSA) is 64.4 Å². The summed E-state index contributed by atoms with van der Waals surface area (Å²) in [6, 6.07) is 35.1. The molecule has 0 radical (unpaired) electrons. The van der Waals surface area contributed by atoms with Gasteiger partial charge in [-0.3, -0.25) is 0 Å². The summed E-state index contributed by atoms with van der Waals surface area (Å²) in [5.74, 6) is 0.461. The first kappa shape index (κ1) is 18.9. The van der Waals surface area contributed by atoms with Crippen molar-refractivity contribution in [3.05, 3.63) is 120 Å². The maximum absolute atomic E-state index is 6.43. The van der Waals surface area contributed by atoms with E-state index >= 15 is 0 Å². The Bertz CT molecular complexity index is 1430. The first-order valence-corrected chi connectivity index (χ1v) is 10.4. The van der Waals surface area contributed by atoms with Gasteiger partial charge in [0.2, 0.25) is 0 Å². The zero-order chi connectivity index (χ0) is 21.2. The third-order valence-corrected chi connectivity index (χ3v) is 5.66. The van der Waals surface area contributed by atoms with Crippen LogP contribution < -0.4 is 11.5 Å². The predicted molar refractivity (Wildman–Crippen MR) is 132 cm³/mol. The van der Waals surface area contributed by atoms with Gasteiger partial charge in [-0.1, -0.05) is 91.0 Å². The number of fused-ring (bicyclic) bond motifs is 2. The second kappa shape index (κ2) is 7.96. The van der Waals surface area contributed by atoms with Gasteiger partial charge in [0, 0.05) is 23.1 Å². The highest BCUT2D eigenvalue weighted by Gasteiger charge is 2.11. The van der Waals surface area contributed by atoms with Gasteiger partial charge in [-0.2, -0.15) is 0 Å². The zero-order valence-electron chi connectivity index (χ0n) is 17.1. The van der Waals surface area contributed by atoms with Crippen LogP contribution in [0.3, 0.4) is 0 Å². The number of hydrogen-bond donors (Lipinski definition) is 2. The summed E-state index contributed by atoms with van der Waals surface area (Å²) in [4.78, 5) is 4.91. The molecule has 3 nitrogen and oxygen atoms in total. The second-order valence-corrected chi connectivity index (χ2v) is 7.73. The molecule has 0 aliphatic heterocycles.